The van der Waals surface area contributed by atoms with E-state index in [1.165, 1.54) is 5.01 Å². The van der Waals surface area contributed by atoms with Crippen LogP contribution in [0.4, 0.5) is 11.4 Å². The van der Waals surface area contributed by atoms with Crippen LogP contribution in [0.3, 0.4) is 0 Å². The fourth-order valence-corrected chi connectivity index (χ4v) is 3.27. The van der Waals surface area contributed by atoms with Crippen molar-refractivity contribution in [3.05, 3.63) is 84.9 Å². The van der Waals surface area contributed by atoms with Crippen LogP contribution in [-0.2, 0) is 9.59 Å². The number of para-hydroxylation sites is 1. The minimum atomic E-state index is -0.682. The van der Waals surface area contributed by atoms with Crippen molar-refractivity contribution in [1.29, 1.82) is 0 Å². The molecular weight excluding hydrogens is 364 g/mol. The highest BCUT2D eigenvalue weighted by atomic mass is 16.2. The van der Waals surface area contributed by atoms with Crippen molar-refractivity contribution >= 4 is 28.9 Å². The second-order valence-corrected chi connectivity index (χ2v) is 6.75. The summed E-state index contributed by atoms with van der Waals surface area (Å²) in [6.45, 7) is 0. The second-order valence-electron chi connectivity index (χ2n) is 6.75. The lowest BCUT2D eigenvalue weighted by molar-refractivity contribution is -0.119. The van der Waals surface area contributed by atoms with Gasteiger partial charge in [-0.25, -0.2) is 0 Å². The number of anilines is 2. The van der Waals surface area contributed by atoms with E-state index in [1.54, 1.807) is 0 Å². The van der Waals surface area contributed by atoms with Crippen LogP contribution >= 0.6 is 0 Å². The van der Waals surface area contributed by atoms with Crippen molar-refractivity contribution in [3.8, 4) is 11.1 Å². The number of nitrogens with one attached hydrogen (secondary N) is 1. The Labute approximate surface area is 168 Å². The van der Waals surface area contributed by atoms with E-state index in [0.717, 1.165) is 11.1 Å². The lowest BCUT2D eigenvalue weighted by Crippen LogP contribution is -2.39. The first-order chi connectivity index (χ1) is 14.1. The normalized spacial score (nSPS) is 15.7. The number of hydrogen-bond donors (Lipinski definition) is 2. The molecule has 0 saturated carbocycles. The molecule has 1 heterocycles. The van der Waals surface area contributed by atoms with E-state index in [2.05, 4.69) is 10.4 Å². The molecule has 0 aromatic heterocycles. The number of amides is 2. The highest BCUT2D eigenvalue weighted by Gasteiger charge is 2.34. The zero-order valence-corrected chi connectivity index (χ0v) is 15.7. The monoisotopic (exact) mass is 384 g/mol. The Kier molecular flexibility index (Phi) is 5.07. The largest absolute Gasteiger partial charge is 0.368 e. The SMILES string of the molecule is NC(=O)C1CC(C(=O)Nc2ccc(-c3ccccc3)cc2)=NN1c1ccccc1. The van der Waals surface area contributed by atoms with E-state index >= 15 is 0 Å². The van der Waals surface area contributed by atoms with Crippen molar-refractivity contribution in [2.75, 3.05) is 10.3 Å². The number of nitrogens with zero attached hydrogens (tertiary/aromatic N) is 2. The third-order valence-electron chi connectivity index (χ3n) is 4.77. The van der Waals surface area contributed by atoms with Gasteiger partial charge >= 0.3 is 0 Å². The molecule has 0 aliphatic carbocycles. The molecule has 2 amide bonds. The first kappa shape index (κ1) is 18.4. The van der Waals surface area contributed by atoms with E-state index in [9.17, 15) is 9.59 Å². The van der Waals surface area contributed by atoms with E-state index < -0.39 is 11.9 Å². The van der Waals surface area contributed by atoms with Crippen LogP contribution < -0.4 is 16.1 Å². The van der Waals surface area contributed by atoms with Gasteiger partial charge in [0, 0.05) is 12.1 Å². The number of hydrogen-bond acceptors (Lipinski definition) is 4. The number of rotatable bonds is 5. The average molecular weight is 384 g/mol. The van der Waals surface area contributed by atoms with Gasteiger partial charge in [-0.05, 0) is 35.4 Å². The van der Waals surface area contributed by atoms with Crippen molar-refractivity contribution in [3.63, 3.8) is 0 Å². The zero-order chi connectivity index (χ0) is 20.2. The van der Waals surface area contributed by atoms with Gasteiger partial charge < -0.3 is 11.1 Å². The van der Waals surface area contributed by atoms with Crippen LogP contribution in [0.15, 0.2) is 90.0 Å². The van der Waals surface area contributed by atoms with Crippen LogP contribution in [-0.4, -0.2) is 23.6 Å². The van der Waals surface area contributed by atoms with Crippen LogP contribution in [0.1, 0.15) is 6.42 Å². The van der Waals surface area contributed by atoms with Gasteiger partial charge in [-0.1, -0.05) is 60.7 Å². The maximum absolute atomic E-state index is 12.7. The summed E-state index contributed by atoms with van der Waals surface area (Å²) in [6.07, 6.45) is 0.165. The number of nitrogens with two attached hydrogens (primary N) is 1. The molecule has 0 spiro atoms. The van der Waals surface area contributed by atoms with E-state index in [0.29, 0.717) is 11.4 Å². The van der Waals surface area contributed by atoms with Crippen molar-refractivity contribution in [1.82, 2.24) is 0 Å². The fraction of sp³-hybridized carbons (Fsp3) is 0.0870. The fourth-order valence-electron chi connectivity index (χ4n) is 3.27. The van der Waals surface area contributed by atoms with Crippen LogP contribution in [0, 0.1) is 0 Å². The Morgan fingerprint density at radius 3 is 2.07 bits per heavy atom. The van der Waals surface area contributed by atoms with Gasteiger partial charge in [0.25, 0.3) is 5.91 Å². The molecule has 144 valence electrons. The summed E-state index contributed by atoms with van der Waals surface area (Å²) in [5.74, 6) is -0.866. The van der Waals surface area contributed by atoms with Crippen molar-refractivity contribution in [2.45, 2.75) is 12.5 Å². The third-order valence-corrected chi connectivity index (χ3v) is 4.77. The highest BCUT2D eigenvalue weighted by Crippen LogP contribution is 2.25. The molecule has 4 rings (SSSR count). The van der Waals surface area contributed by atoms with Gasteiger partial charge in [-0.2, -0.15) is 5.10 Å². The lowest BCUT2D eigenvalue weighted by atomic mass is 10.1. The predicted molar refractivity (Wildman–Crippen MR) is 114 cm³/mol. The van der Waals surface area contributed by atoms with Crippen molar-refractivity contribution in [2.24, 2.45) is 10.8 Å². The molecule has 3 aromatic rings. The van der Waals surface area contributed by atoms with Crippen LogP contribution in [0.2, 0.25) is 0 Å². The first-order valence-electron chi connectivity index (χ1n) is 9.30. The van der Waals surface area contributed by atoms with Gasteiger partial charge in [0.2, 0.25) is 5.91 Å². The van der Waals surface area contributed by atoms with E-state index in [4.69, 9.17) is 5.73 Å². The summed E-state index contributed by atoms with van der Waals surface area (Å²) >= 11 is 0. The van der Waals surface area contributed by atoms with E-state index in [1.807, 2.05) is 84.9 Å². The number of carbonyl (C=O) groups excluding carboxylic acids is 2. The molecule has 1 aliphatic heterocycles. The smallest absolute Gasteiger partial charge is 0.271 e. The van der Waals surface area contributed by atoms with Crippen LogP contribution in [0.5, 0.6) is 0 Å². The van der Waals surface area contributed by atoms with Gasteiger partial charge in [0.05, 0.1) is 5.69 Å². The maximum atomic E-state index is 12.7. The molecule has 6 heteroatoms. The van der Waals surface area contributed by atoms with Gasteiger partial charge in [0.1, 0.15) is 11.8 Å². The van der Waals surface area contributed by atoms with E-state index in [-0.39, 0.29) is 18.0 Å². The van der Waals surface area contributed by atoms with Gasteiger partial charge in [0.15, 0.2) is 0 Å². The van der Waals surface area contributed by atoms with Crippen LogP contribution in [0.25, 0.3) is 11.1 Å². The molecule has 3 N–H and O–H groups in total. The molecule has 0 radical (unpaired) electrons. The van der Waals surface area contributed by atoms with Gasteiger partial charge in [-0.3, -0.25) is 14.6 Å². The average Bonchev–Trinajstić information content (AvgIpc) is 3.22. The summed E-state index contributed by atoms with van der Waals surface area (Å²) in [4.78, 5) is 24.6. The topological polar surface area (TPSA) is 87.8 Å². The molecule has 29 heavy (non-hydrogen) atoms. The first-order valence-corrected chi connectivity index (χ1v) is 9.30. The minimum Gasteiger partial charge on any atom is -0.368 e. The Hall–Kier alpha value is -3.93. The third kappa shape index (κ3) is 4.01. The summed E-state index contributed by atoms with van der Waals surface area (Å²) in [6, 6.07) is 26.1. The predicted octanol–water partition coefficient (Wildman–Crippen LogP) is 3.41. The number of hydrazone groups is 1. The molecule has 1 aliphatic rings. The summed E-state index contributed by atoms with van der Waals surface area (Å²) in [5.41, 5.74) is 9.33. The quantitative estimate of drug-likeness (QED) is 0.707. The molecule has 1 atom stereocenters. The number of benzene rings is 3. The Bertz CT molecular complexity index is 1050. The Morgan fingerprint density at radius 2 is 1.45 bits per heavy atom. The molecule has 0 fully saturated rings. The number of carbonyl (C=O) groups is 2. The Morgan fingerprint density at radius 1 is 0.862 bits per heavy atom. The van der Waals surface area contributed by atoms with Gasteiger partial charge in [-0.15, -0.1) is 0 Å². The summed E-state index contributed by atoms with van der Waals surface area (Å²) < 4.78 is 0. The summed E-state index contributed by atoms with van der Waals surface area (Å²) in [7, 11) is 0. The highest BCUT2D eigenvalue weighted by molar-refractivity contribution is 6.44. The molecule has 3 aromatic carbocycles. The second kappa shape index (κ2) is 7.98. The lowest BCUT2D eigenvalue weighted by Gasteiger charge is -2.20. The zero-order valence-electron chi connectivity index (χ0n) is 15.7. The Balaban J connectivity index is 1.50. The molecule has 1 unspecified atom stereocenters. The molecule has 0 bridgehead atoms. The maximum Gasteiger partial charge on any atom is 0.271 e. The molecule has 6 nitrogen and oxygen atoms in total. The molecule has 0 saturated heterocycles. The minimum absolute atomic E-state index is 0.165. The summed E-state index contributed by atoms with van der Waals surface area (Å²) in [5, 5.41) is 8.71. The standard InChI is InChI=1S/C23H20N4O2/c24-22(28)21-15-20(26-27(21)19-9-5-2-6-10-19)23(29)25-18-13-11-17(12-14-18)16-7-3-1-4-8-16/h1-14,21H,15H2,(H2,24,28)(H,25,29). The number of primary amides is 1. The van der Waals surface area contributed by atoms with Crippen molar-refractivity contribution < 1.29 is 9.59 Å². The molecular formula is C23H20N4O2.